The Morgan fingerprint density at radius 1 is 1.00 bits per heavy atom. The molecule has 24 heavy (non-hydrogen) atoms. The number of aliphatic hydroxyl groups is 1. The fourth-order valence-electron chi connectivity index (χ4n) is 2.70. The minimum Gasteiger partial charge on any atom is -0.391 e. The van der Waals surface area contributed by atoms with E-state index < -0.39 is 12.1 Å². The largest absolute Gasteiger partial charge is 0.391 e. The minimum absolute atomic E-state index is 0.0946. The van der Waals surface area contributed by atoms with Gasteiger partial charge in [-0.3, -0.25) is 9.59 Å². The van der Waals surface area contributed by atoms with Gasteiger partial charge in [0.05, 0.1) is 6.10 Å². The highest BCUT2D eigenvalue weighted by atomic mass is 16.3. The van der Waals surface area contributed by atoms with Gasteiger partial charge in [0.1, 0.15) is 6.04 Å². The number of hydrogen-bond donors (Lipinski definition) is 2. The summed E-state index contributed by atoms with van der Waals surface area (Å²) in [5.74, 6) is -0.419. The molecule has 0 aliphatic heterocycles. The molecular weight excluding hydrogens is 302 g/mol. The zero-order valence-electron chi connectivity index (χ0n) is 15.0. The molecule has 0 heterocycles. The number of unbranched alkanes of at least 4 members (excludes halogenated alkanes) is 6. The van der Waals surface area contributed by atoms with Crippen LogP contribution in [0.25, 0.3) is 0 Å². The first kappa shape index (κ1) is 20.4. The Hall–Kier alpha value is -1.68. The number of aliphatic hydroxyl groups excluding tert-OH is 1. The molecule has 4 nitrogen and oxygen atoms in total. The highest BCUT2D eigenvalue weighted by Gasteiger charge is 2.25. The number of carbonyl (C=O) groups excluding carboxylic acids is 2. The molecular formula is C20H31NO3. The van der Waals surface area contributed by atoms with Crippen LogP contribution < -0.4 is 5.32 Å². The average Bonchev–Trinajstić information content (AvgIpc) is 2.59. The fraction of sp³-hybridized carbons (Fsp3) is 0.600. The number of ketones is 1. The van der Waals surface area contributed by atoms with Crippen molar-refractivity contribution >= 4 is 11.7 Å². The van der Waals surface area contributed by atoms with Crippen molar-refractivity contribution in [3.05, 3.63) is 35.9 Å². The number of hydrogen-bond acceptors (Lipinski definition) is 3. The first-order valence-electron chi connectivity index (χ1n) is 9.13. The van der Waals surface area contributed by atoms with Crippen LogP contribution in [0.2, 0.25) is 0 Å². The van der Waals surface area contributed by atoms with Gasteiger partial charge >= 0.3 is 0 Å². The summed E-state index contributed by atoms with van der Waals surface area (Å²) in [5.41, 5.74) is 0.492. The first-order valence-corrected chi connectivity index (χ1v) is 9.13. The third-order valence-corrected chi connectivity index (χ3v) is 4.18. The second-order valence-corrected chi connectivity index (χ2v) is 6.40. The molecule has 2 atom stereocenters. The van der Waals surface area contributed by atoms with Crippen molar-refractivity contribution in [2.45, 2.75) is 77.4 Å². The number of nitrogens with one attached hydrogen (secondary N) is 1. The van der Waals surface area contributed by atoms with Crippen LogP contribution >= 0.6 is 0 Å². The van der Waals surface area contributed by atoms with E-state index in [1.807, 2.05) is 6.07 Å². The first-order chi connectivity index (χ1) is 11.6. The molecule has 0 bridgehead atoms. The average molecular weight is 333 g/mol. The molecule has 0 aromatic heterocycles. The van der Waals surface area contributed by atoms with E-state index >= 15 is 0 Å². The molecule has 0 radical (unpaired) electrons. The number of carbonyl (C=O) groups is 2. The van der Waals surface area contributed by atoms with Crippen molar-refractivity contribution in [2.24, 2.45) is 0 Å². The fourth-order valence-corrected chi connectivity index (χ4v) is 2.70. The zero-order valence-corrected chi connectivity index (χ0v) is 15.0. The predicted molar refractivity (Wildman–Crippen MR) is 97.0 cm³/mol. The van der Waals surface area contributed by atoms with Crippen LogP contribution in [0.15, 0.2) is 30.3 Å². The van der Waals surface area contributed by atoms with Gasteiger partial charge in [-0.1, -0.05) is 63.6 Å². The van der Waals surface area contributed by atoms with Gasteiger partial charge in [-0.2, -0.15) is 0 Å². The predicted octanol–water partition coefficient (Wildman–Crippen LogP) is 3.88. The quantitative estimate of drug-likeness (QED) is 0.571. The Bertz CT molecular complexity index is 485. The van der Waals surface area contributed by atoms with Gasteiger partial charge in [-0.05, 0) is 25.5 Å². The minimum atomic E-state index is -0.894. The van der Waals surface area contributed by atoms with Crippen molar-refractivity contribution < 1.29 is 14.7 Å². The van der Waals surface area contributed by atoms with E-state index in [1.54, 1.807) is 31.2 Å². The standard InChI is InChI=1S/C20H31NO3/c1-3-4-5-6-7-8-12-15-18(23)19(16(2)22)21-20(24)17-13-10-9-11-14-17/h9-11,13-14,16,19,22H,3-8,12,15H2,1-2H3,(H,21,24)/t16-,19+/m1/s1. The Morgan fingerprint density at radius 3 is 2.17 bits per heavy atom. The highest BCUT2D eigenvalue weighted by Crippen LogP contribution is 2.11. The maximum atomic E-state index is 12.3. The summed E-state index contributed by atoms with van der Waals surface area (Å²) < 4.78 is 0. The Morgan fingerprint density at radius 2 is 1.58 bits per heavy atom. The molecule has 134 valence electrons. The highest BCUT2D eigenvalue weighted by molar-refractivity contribution is 5.98. The van der Waals surface area contributed by atoms with E-state index in [4.69, 9.17) is 0 Å². The van der Waals surface area contributed by atoms with Crippen LogP contribution in [0.5, 0.6) is 0 Å². The van der Waals surface area contributed by atoms with E-state index in [0.29, 0.717) is 12.0 Å². The second-order valence-electron chi connectivity index (χ2n) is 6.40. The molecule has 0 fully saturated rings. The van der Waals surface area contributed by atoms with Crippen LogP contribution in [0, 0.1) is 0 Å². The molecule has 1 aromatic carbocycles. The topological polar surface area (TPSA) is 66.4 Å². The molecule has 0 unspecified atom stereocenters. The second kappa shape index (κ2) is 11.8. The van der Waals surface area contributed by atoms with Crippen molar-refractivity contribution in [3.8, 4) is 0 Å². The summed E-state index contributed by atoms with van der Waals surface area (Å²) in [6.45, 7) is 3.73. The van der Waals surface area contributed by atoms with E-state index in [1.165, 1.54) is 25.7 Å². The Labute approximate surface area is 145 Å². The number of rotatable bonds is 12. The van der Waals surface area contributed by atoms with Crippen LogP contribution in [0.4, 0.5) is 0 Å². The van der Waals surface area contributed by atoms with E-state index in [9.17, 15) is 14.7 Å². The molecule has 0 aliphatic carbocycles. The third kappa shape index (κ3) is 7.73. The molecule has 1 aromatic rings. The van der Waals surface area contributed by atoms with E-state index in [-0.39, 0.29) is 11.7 Å². The molecule has 0 aliphatic rings. The van der Waals surface area contributed by atoms with Crippen LogP contribution in [0.3, 0.4) is 0 Å². The summed E-state index contributed by atoms with van der Waals surface area (Å²) in [6.07, 6.45) is 7.46. The van der Waals surface area contributed by atoms with Crippen molar-refractivity contribution in [1.29, 1.82) is 0 Å². The maximum absolute atomic E-state index is 12.3. The van der Waals surface area contributed by atoms with Gasteiger partial charge in [0.15, 0.2) is 5.78 Å². The third-order valence-electron chi connectivity index (χ3n) is 4.18. The summed E-state index contributed by atoms with van der Waals surface area (Å²) in [6, 6.07) is 7.91. The molecule has 0 saturated carbocycles. The van der Waals surface area contributed by atoms with Gasteiger partial charge in [-0.15, -0.1) is 0 Å². The zero-order chi connectivity index (χ0) is 17.8. The molecule has 0 spiro atoms. The molecule has 4 heteroatoms. The monoisotopic (exact) mass is 333 g/mol. The smallest absolute Gasteiger partial charge is 0.251 e. The summed E-state index contributed by atoms with van der Waals surface area (Å²) in [7, 11) is 0. The lowest BCUT2D eigenvalue weighted by molar-refractivity contribution is -0.123. The summed E-state index contributed by atoms with van der Waals surface area (Å²) >= 11 is 0. The van der Waals surface area contributed by atoms with Crippen LogP contribution in [-0.4, -0.2) is 28.9 Å². The van der Waals surface area contributed by atoms with Crippen molar-refractivity contribution in [3.63, 3.8) is 0 Å². The molecule has 0 saturated heterocycles. The number of amides is 1. The number of benzene rings is 1. The van der Waals surface area contributed by atoms with Crippen LogP contribution in [-0.2, 0) is 4.79 Å². The SMILES string of the molecule is CCCCCCCCCC(=O)[C@@H](NC(=O)c1ccccc1)[C@@H](C)O. The summed E-state index contributed by atoms with van der Waals surface area (Å²) in [5, 5.41) is 12.5. The molecule has 1 amide bonds. The van der Waals surface area contributed by atoms with Gasteiger partial charge in [-0.25, -0.2) is 0 Å². The lowest BCUT2D eigenvalue weighted by atomic mass is 10.00. The molecule has 1 rings (SSSR count). The lowest BCUT2D eigenvalue weighted by Gasteiger charge is -2.20. The summed E-state index contributed by atoms with van der Waals surface area (Å²) in [4.78, 5) is 24.5. The van der Waals surface area contributed by atoms with Gasteiger partial charge < -0.3 is 10.4 Å². The van der Waals surface area contributed by atoms with Gasteiger partial charge in [0.2, 0.25) is 0 Å². The lowest BCUT2D eigenvalue weighted by Crippen LogP contribution is -2.47. The molecule has 2 N–H and O–H groups in total. The van der Waals surface area contributed by atoms with Crippen LogP contribution in [0.1, 0.15) is 75.6 Å². The number of Topliss-reactive ketones (excluding diaryl/α,β-unsaturated/α-hetero) is 1. The Kier molecular flexibility index (Phi) is 10.0. The van der Waals surface area contributed by atoms with Gasteiger partial charge in [0, 0.05) is 12.0 Å². The van der Waals surface area contributed by atoms with E-state index in [0.717, 1.165) is 19.3 Å². The normalized spacial score (nSPS) is 13.3. The Balaban J connectivity index is 2.38. The maximum Gasteiger partial charge on any atom is 0.251 e. The van der Waals surface area contributed by atoms with Crippen molar-refractivity contribution in [1.82, 2.24) is 5.32 Å². The van der Waals surface area contributed by atoms with E-state index in [2.05, 4.69) is 12.2 Å². The van der Waals surface area contributed by atoms with Gasteiger partial charge in [0.25, 0.3) is 5.91 Å². The van der Waals surface area contributed by atoms with Crippen molar-refractivity contribution in [2.75, 3.05) is 0 Å².